The van der Waals surface area contributed by atoms with Crippen molar-refractivity contribution in [1.82, 2.24) is 15.1 Å². The van der Waals surface area contributed by atoms with Crippen molar-refractivity contribution in [2.24, 2.45) is 0 Å². The molecule has 0 saturated heterocycles. The largest absolute Gasteiger partial charge is 0.313 e. The van der Waals surface area contributed by atoms with E-state index in [2.05, 4.69) is 17.0 Å². The van der Waals surface area contributed by atoms with Gasteiger partial charge in [-0.2, -0.15) is 5.10 Å². The molecule has 0 unspecified atom stereocenters. The Bertz CT molecular complexity index is 204. The molecule has 0 aliphatic heterocycles. The molecule has 66 valence electrons. The molecule has 0 saturated carbocycles. The topological polar surface area (TPSA) is 29.9 Å². The van der Waals surface area contributed by atoms with E-state index in [1.165, 1.54) is 0 Å². The molecule has 0 radical (unpaired) electrons. The summed E-state index contributed by atoms with van der Waals surface area (Å²) in [6.07, 6.45) is 6.76. The van der Waals surface area contributed by atoms with E-state index in [-0.39, 0.29) is 0 Å². The summed E-state index contributed by atoms with van der Waals surface area (Å²) < 4.78 is 1.94. The molecule has 0 spiro atoms. The highest BCUT2D eigenvalue weighted by atomic mass is 15.3. The van der Waals surface area contributed by atoms with Gasteiger partial charge in [0.05, 0.1) is 0 Å². The molecule has 0 aliphatic rings. The Morgan fingerprint density at radius 1 is 1.58 bits per heavy atom. The fourth-order valence-corrected chi connectivity index (χ4v) is 1.00. The first-order valence-electron chi connectivity index (χ1n) is 4.22. The van der Waals surface area contributed by atoms with Crippen LogP contribution in [0.15, 0.2) is 31.1 Å². The summed E-state index contributed by atoms with van der Waals surface area (Å²) in [7, 11) is 0. The van der Waals surface area contributed by atoms with E-state index >= 15 is 0 Å². The summed E-state index contributed by atoms with van der Waals surface area (Å²) in [5, 5.41) is 7.34. The van der Waals surface area contributed by atoms with Crippen molar-refractivity contribution in [3.8, 4) is 0 Å². The number of nitrogens with one attached hydrogen (secondary N) is 1. The van der Waals surface area contributed by atoms with Gasteiger partial charge in [0.15, 0.2) is 0 Å². The van der Waals surface area contributed by atoms with Gasteiger partial charge in [0.1, 0.15) is 0 Å². The summed E-state index contributed by atoms with van der Waals surface area (Å²) in [6.45, 7) is 6.52. The number of aromatic nitrogens is 2. The molecule has 0 bridgehead atoms. The number of rotatable bonds is 6. The zero-order chi connectivity index (χ0) is 8.65. The van der Waals surface area contributed by atoms with E-state index in [0.717, 1.165) is 26.1 Å². The van der Waals surface area contributed by atoms with Crippen molar-refractivity contribution in [1.29, 1.82) is 0 Å². The Kier molecular flexibility index (Phi) is 4.16. The van der Waals surface area contributed by atoms with Crippen LogP contribution in [-0.4, -0.2) is 22.9 Å². The van der Waals surface area contributed by atoms with Gasteiger partial charge in [0.2, 0.25) is 0 Å². The van der Waals surface area contributed by atoms with Gasteiger partial charge >= 0.3 is 0 Å². The Morgan fingerprint density at radius 3 is 3.17 bits per heavy atom. The summed E-state index contributed by atoms with van der Waals surface area (Å²) in [5.74, 6) is 0. The molecule has 1 aromatic heterocycles. The Labute approximate surface area is 73.1 Å². The molecule has 0 aromatic carbocycles. The minimum absolute atomic E-state index is 0.888. The second-order valence-electron chi connectivity index (χ2n) is 2.62. The highest BCUT2D eigenvalue weighted by Gasteiger charge is 1.88. The lowest BCUT2D eigenvalue weighted by Gasteiger charge is -2.01. The smallest absolute Gasteiger partial charge is 0.0489 e. The minimum atomic E-state index is 0.888. The average molecular weight is 165 g/mol. The van der Waals surface area contributed by atoms with Crippen LogP contribution >= 0.6 is 0 Å². The first kappa shape index (κ1) is 9.00. The van der Waals surface area contributed by atoms with Crippen LogP contribution in [0.3, 0.4) is 0 Å². The third kappa shape index (κ3) is 3.34. The van der Waals surface area contributed by atoms with E-state index in [9.17, 15) is 0 Å². The number of hydrogen-bond acceptors (Lipinski definition) is 2. The van der Waals surface area contributed by atoms with Crippen LogP contribution in [0.25, 0.3) is 0 Å². The molecule has 0 aliphatic carbocycles. The first-order valence-corrected chi connectivity index (χ1v) is 4.22. The molecule has 1 heterocycles. The molecule has 0 amide bonds. The van der Waals surface area contributed by atoms with E-state index in [0.29, 0.717) is 0 Å². The van der Waals surface area contributed by atoms with Gasteiger partial charge in [-0.25, -0.2) is 0 Å². The maximum absolute atomic E-state index is 4.10. The van der Waals surface area contributed by atoms with E-state index in [1.54, 1.807) is 6.20 Å². The summed E-state index contributed by atoms with van der Waals surface area (Å²) in [4.78, 5) is 0. The van der Waals surface area contributed by atoms with Crippen LogP contribution in [0, 0.1) is 0 Å². The average Bonchev–Trinajstić information content (AvgIpc) is 2.57. The van der Waals surface area contributed by atoms with Crippen molar-refractivity contribution in [3.05, 3.63) is 31.1 Å². The van der Waals surface area contributed by atoms with Crippen LogP contribution in [0.5, 0.6) is 0 Å². The van der Waals surface area contributed by atoms with E-state index in [4.69, 9.17) is 0 Å². The molecular formula is C9H15N3. The quantitative estimate of drug-likeness (QED) is 0.504. The van der Waals surface area contributed by atoms with Crippen LogP contribution in [-0.2, 0) is 6.54 Å². The van der Waals surface area contributed by atoms with Gasteiger partial charge in [0.25, 0.3) is 0 Å². The lowest BCUT2D eigenvalue weighted by Crippen LogP contribution is -2.16. The fraction of sp³-hybridized carbons (Fsp3) is 0.444. The van der Waals surface area contributed by atoms with Gasteiger partial charge in [0, 0.05) is 25.5 Å². The van der Waals surface area contributed by atoms with Crippen molar-refractivity contribution in [2.75, 3.05) is 13.1 Å². The van der Waals surface area contributed by atoms with Crippen LogP contribution in [0.1, 0.15) is 6.42 Å². The molecule has 1 rings (SSSR count). The fourth-order valence-electron chi connectivity index (χ4n) is 1.00. The standard InChI is InChI=1S/C9H15N3/c1-2-5-10-6-3-8-12-9-4-7-11-12/h2,4,7,9-10H,1,3,5-6,8H2. The van der Waals surface area contributed by atoms with Crippen molar-refractivity contribution < 1.29 is 0 Å². The molecule has 3 heteroatoms. The van der Waals surface area contributed by atoms with Crippen molar-refractivity contribution in [2.45, 2.75) is 13.0 Å². The van der Waals surface area contributed by atoms with Gasteiger partial charge in [-0.1, -0.05) is 6.08 Å². The van der Waals surface area contributed by atoms with Gasteiger partial charge < -0.3 is 5.32 Å². The Morgan fingerprint density at radius 2 is 2.50 bits per heavy atom. The maximum atomic E-state index is 4.10. The van der Waals surface area contributed by atoms with Gasteiger partial charge in [-0.3, -0.25) is 4.68 Å². The second-order valence-corrected chi connectivity index (χ2v) is 2.62. The number of hydrogen-bond donors (Lipinski definition) is 1. The van der Waals surface area contributed by atoms with Gasteiger partial charge in [-0.05, 0) is 19.0 Å². The number of aryl methyl sites for hydroxylation is 1. The maximum Gasteiger partial charge on any atom is 0.0489 e. The Balaban J connectivity index is 2.00. The monoisotopic (exact) mass is 165 g/mol. The third-order valence-electron chi connectivity index (χ3n) is 1.59. The van der Waals surface area contributed by atoms with E-state index < -0.39 is 0 Å². The third-order valence-corrected chi connectivity index (χ3v) is 1.59. The zero-order valence-electron chi connectivity index (χ0n) is 7.24. The van der Waals surface area contributed by atoms with Crippen LogP contribution in [0.2, 0.25) is 0 Å². The summed E-state index contributed by atoms with van der Waals surface area (Å²) in [5.41, 5.74) is 0. The van der Waals surface area contributed by atoms with Crippen molar-refractivity contribution >= 4 is 0 Å². The second kappa shape index (κ2) is 5.55. The number of nitrogens with zero attached hydrogens (tertiary/aromatic N) is 2. The molecule has 1 N–H and O–H groups in total. The predicted molar refractivity (Wildman–Crippen MR) is 49.9 cm³/mol. The highest BCUT2D eigenvalue weighted by molar-refractivity contribution is 4.77. The molecule has 3 nitrogen and oxygen atoms in total. The molecule has 12 heavy (non-hydrogen) atoms. The van der Waals surface area contributed by atoms with Crippen LogP contribution in [0.4, 0.5) is 0 Å². The zero-order valence-corrected chi connectivity index (χ0v) is 7.24. The molecule has 0 atom stereocenters. The highest BCUT2D eigenvalue weighted by Crippen LogP contribution is 1.87. The van der Waals surface area contributed by atoms with Crippen LogP contribution < -0.4 is 5.32 Å². The summed E-state index contributed by atoms with van der Waals surface area (Å²) >= 11 is 0. The lowest BCUT2D eigenvalue weighted by atomic mass is 10.4. The SMILES string of the molecule is C=CCNCCCn1cccn1. The normalized spacial score (nSPS) is 10.0. The minimum Gasteiger partial charge on any atom is -0.313 e. The van der Waals surface area contributed by atoms with Crippen molar-refractivity contribution in [3.63, 3.8) is 0 Å². The van der Waals surface area contributed by atoms with E-state index in [1.807, 2.05) is 23.0 Å². The first-order chi connectivity index (χ1) is 5.93. The molecule has 0 fully saturated rings. The molecular weight excluding hydrogens is 150 g/mol. The predicted octanol–water partition coefficient (Wildman–Crippen LogP) is 1.05. The molecule has 1 aromatic rings. The summed E-state index contributed by atoms with van der Waals surface area (Å²) in [6, 6.07) is 1.94. The van der Waals surface area contributed by atoms with Gasteiger partial charge in [-0.15, -0.1) is 6.58 Å². The Hall–Kier alpha value is -1.09. The lowest BCUT2D eigenvalue weighted by molar-refractivity contribution is 0.555.